The Morgan fingerprint density at radius 2 is 1.87 bits per heavy atom. The molecule has 4 aromatic rings. The van der Waals surface area contributed by atoms with E-state index in [4.69, 9.17) is 11.6 Å². The molecule has 2 amide bonds. The van der Waals surface area contributed by atoms with E-state index in [1.54, 1.807) is 30.5 Å². The number of benzene rings is 2. The summed E-state index contributed by atoms with van der Waals surface area (Å²) in [5.74, 6) is 0.373. The molecule has 0 bridgehead atoms. The van der Waals surface area contributed by atoms with E-state index in [0.29, 0.717) is 23.0 Å². The number of fused-ring (bicyclic) bond motifs is 1. The Labute approximate surface area is 184 Å². The van der Waals surface area contributed by atoms with Crippen molar-refractivity contribution in [3.05, 3.63) is 94.7 Å². The Hall–Kier alpha value is -3.45. The topological polar surface area (TPSA) is 71.8 Å². The second-order valence-electron chi connectivity index (χ2n) is 7.19. The van der Waals surface area contributed by atoms with Gasteiger partial charge in [0.1, 0.15) is 17.2 Å². The van der Waals surface area contributed by atoms with Crippen LogP contribution in [0, 0.1) is 5.82 Å². The summed E-state index contributed by atoms with van der Waals surface area (Å²) in [6.45, 7) is 2.58. The molecule has 2 N–H and O–H groups in total. The molecular formula is C23H21ClFN5O. The molecule has 0 aliphatic carbocycles. The van der Waals surface area contributed by atoms with Crippen molar-refractivity contribution < 1.29 is 9.18 Å². The van der Waals surface area contributed by atoms with Crippen molar-refractivity contribution in [2.75, 3.05) is 0 Å². The monoisotopic (exact) mass is 437 g/mol. The lowest BCUT2D eigenvalue weighted by molar-refractivity contribution is 0.237. The molecule has 8 heteroatoms. The minimum Gasteiger partial charge on any atom is -0.332 e. The van der Waals surface area contributed by atoms with E-state index in [-0.39, 0.29) is 24.4 Å². The summed E-state index contributed by atoms with van der Waals surface area (Å²) in [4.78, 5) is 21.5. The summed E-state index contributed by atoms with van der Waals surface area (Å²) >= 11 is 5.92. The number of carbonyl (C=O) groups excluding carboxylic acids is 1. The molecular weight excluding hydrogens is 417 g/mol. The van der Waals surface area contributed by atoms with Crippen LogP contribution in [0.5, 0.6) is 0 Å². The number of nitrogens with zero attached hydrogens (tertiary/aromatic N) is 3. The fraction of sp³-hybridized carbons (Fsp3) is 0.174. The standard InChI is InChI=1S/C23H21ClFN5O/c1-15(17-6-8-18(24)9-7-17)28-23(31)27-13-21-29-20-3-2-12-26-22(20)30(21)14-16-4-10-19(25)11-5-16/h2-12,15H,13-14H2,1H3,(H2,27,28,31). The third kappa shape index (κ3) is 5.00. The van der Waals surface area contributed by atoms with E-state index in [0.717, 1.165) is 16.6 Å². The number of aromatic nitrogens is 3. The lowest BCUT2D eigenvalue weighted by Crippen LogP contribution is -2.37. The van der Waals surface area contributed by atoms with Crippen LogP contribution in [0.2, 0.25) is 5.02 Å². The van der Waals surface area contributed by atoms with Gasteiger partial charge in [-0.1, -0.05) is 35.9 Å². The van der Waals surface area contributed by atoms with Gasteiger partial charge in [0.05, 0.1) is 19.1 Å². The van der Waals surface area contributed by atoms with Gasteiger partial charge in [0, 0.05) is 11.2 Å². The average Bonchev–Trinajstić information content (AvgIpc) is 3.11. The van der Waals surface area contributed by atoms with Crippen LogP contribution in [-0.2, 0) is 13.1 Å². The molecule has 158 valence electrons. The first-order chi connectivity index (χ1) is 15.0. The normalized spacial score (nSPS) is 12.0. The number of carbonyl (C=O) groups is 1. The molecule has 6 nitrogen and oxygen atoms in total. The van der Waals surface area contributed by atoms with Crippen LogP contribution >= 0.6 is 11.6 Å². The van der Waals surface area contributed by atoms with Crippen LogP contribution in [0.1, 0.15) is 29.9 Å². The number of nitrogens with one attached hydrogen (secondary N) is 2. The summed E-state index contributed by atoms with van der Waals surface area (Å²) in [5.41, 5.74) is 3.30. The minimum atomic E-state index is -0.309. The largest absolute Gasteiger partial charge is 0.332 e. The molecule has 31 heavy (non-hydrogen) atoms. The van der Waals surface area contributed by atoms with Crippen molar-refractivity contribution >= 4 is 28.8 Å². The van der Waals surface area contributed by atoms with E-state index in [1.165, 1.54) is 12.1 Å². The van der Waals surface area contributed by atoms with Gasteiger partial charge in [-0.3, -0.25) is 0 Å². The summed E-state index contributed by atoms with van der Waals surface area (Å²) in [7, 11) is 0. The van der Waals surface area contributed by atoms with Crippen molar-refractivity contribution in [1.29, 1.82) is 0 Å². The van der Waals surface area contributed by atoms with E-state index in [9.17, 15) is 9.18 Å². The number of pyridine rings is 1. The van der Waals surface area contributed by atoms with Crippen LogP contribution < -0.4 is 10.6 Å². The van der Waals surface area contributed by atoms with E-state index in [1.807, 2.05) is 35.8 Å². The van der Waals surface area contributed by atoms with Gasteiger partial charge in [0.25, 0.3) is 0 Å². The number of imidazole rings is 1. The number of urea groups is 1. The van der Waals surface area contributed by atoms with Gasteiger partial charge >= 0.3 is 6.03 Å². The molecule has 1 unspecified atom stereocenters. The zero-order valence-corrected chi connectivity index (χ0v) is 17.6. The van der Waals surface area contributed by atoms with Crippen LogP contribution in [0.25, 0.3) is 11.2 Å². The quantitative estimate of drug-likeness (QED) is 0.453. The fourth-order valence-corrected chi connectivity index (χ4v) is 3.45. The van der Waals surface area contributed by atoms with Gasteiger partial charge in [-0.05, 0) is 54.4 Å². The van der Waals surface area contributed by atoms with Gasteiger partial charge in [0.2, 0.25) is 0 Å². The molecule has 0 fully saturated rings. The van der Waals surface area contributed by atoms with Gasteiger partial charge in [-0.2, -0.15) is 0 Å². The Morgan fingerprint density at radius 3 is 2.61 bits per heavy atom. The van der Waals surface area contributed by atoms with E-state index >= 15 is 0 Å². The predicted molar refractivity (Wildman–Crippen MR) is 118 cm³/mol. The molecule has 0 spiro atoms. The SMILES string of the molecule is CC(NC(=O)NCc1nc2cccnc2n1Cc1ccc(F)cc1)c1ccc(Cl)cc1. The van der Waals surface area contributed by atoms with Crippen LogP contribution in [0.15, 0.2) is 66.9 Å². The highest BCUT2D eigenvalue weighted by atomic mass is 35.5. The maximum Gasteiger partial charge on any atom is 0.315 e. The number of hydrogen-bond donors (Lipinski definition) is 2. The molecule has 2 aromatic heterocycles. The number of hydrogen-bond acceptors (Lipinski definition) is 3. The van der Waals surface area contributed by atoms with Crippen molar-refractivity contribution in [3.8, 4) is 0 Å². The van der Waals surface area contributed by atoms with Crippen LogP contribution in [0.4, 0.5) is 9.18 Å². The second kappa shape index (κ2) is 9.14. The molecule has 2 aromatic carbocycles. The Balaban J connectivity index is 1.48. The molecule has 0 saturated carbocycles. The third-order valence-electron chi connectivity index (χ3n) is 4.96. The minimum absolute atomic E-state index is 0.183. The lowest BCUT2D eigenvalue weighted by Gasteiger charge is -2.15. The molecule has 1 atom stereocenters. The van der Waals surface area contributed by atoms with Crippen molar-refractivity contribution in [2.45, 2.75) is 26.1 Å². The van der Waals surface area contributed by atoms with Crippen LogP contribution in [-0.4, -0.2) is 20.6 Å². The first-order valence-corrected chi connectivity index (χ1v) is 10.2. The van der Waals surface area contributed by atoms with Crippen LogP contribution in [0.3, 0.4) is 0 Å². The second-order valence-corrected chi connectivity index (χ2v) is 7.62. The zero-order valence-electron chi connectivity index (χ0n) is 16.8. The Bertz CT molecular complexity index is 1190. The molecule has 0 saturated heterocycles. The Kier molecular flexibility index (Phi) is 6.13. The van der Waals surface area contributed by atoms with Crippen molar-refractivity contribution in [1.82, 2.24) is 25.2 Å². The highest BCUT2D eigenvalue weighted by Crippen LogP contribution is 2.17. The van der Waals surface area contributed by atoms with E-state index in [2.05, 4.69) is 20.6 Å². The van der Waals surface area contributed by atoms with Gasteiger partial charge in [-0.15, -0.1) is 0 Å². The summed E-state index contributed by atoms with van der Waals surface area (Å²) in [6, 6.07) is 16.8. The number of rotatable bonds is 6. The Morgan fingerprint density at radius 1 is 1.13 bits per heavy atom. The molecule has 0 aliphatic heterocycles. The first kappa shape index (κ1) is 20.8. The van der Waals surface area contributed by atoms with Crippen molar-refractivity contribution in [3.63, 3.8) is 0 Å². The average molecular weight is 438 g/mol. The van der Waals surface area contributed by atoms with Gasteiger partial charge in [0.15, 0.2) is 5.65 Å². The molecule has 0 radical (unpaired) electrons. The first-order valence-electron chi connectivity index (χ1n) is 9.84. The number of halogens is 2. The molecule has 2 heterocycles. The van der Waals surface area contributed by atoms with Crippen molar-refractivity contribution in [2.24, 2.45) is 0 Å². The highest BCUT2D eigenvalue weighted by Gasteiger charge is 2.14. The zero-order chi connectivity index (χ0) is 21.8. The van der Waals surface area contributed by atoms with Gasteiger partial charge < -0.3 is 15.2 Å². The molecule has 4 rings (SSSR count). The maximum atomic E-state index is 13.3. The number of amides is 2. The van der Waals surface area contributed by atoms with Gasteiger partial charge in [-0.25, -0.2) is 19.2 Å². The summed E-state index contributed by atoms with van der Waals surface area (Å²) in [5, 5.41) is 6.41. The third-order valence-corrected chi connectivity index (χ3v) is 5.21. The maximum absolute atomic E-state index is 13.3. The fourth-order valence-electron chi connectivity index (χ4n) is 3.32. The predicted octanol–water partition coefficient (Wildman–Crippen LogP) is 4.83. The smallest absolute Gasteiger partial charge is 0.315 e. The highest BCUT2D eigenvalue weighted by molar-refractivity contribution is 6.30. The lowest BCUT2D eigenvalue weighted by atomic mass is 10.1. The summed E-state index contributed by atoms with van der Waals surface area (Å²) in [6.07, 6.45) is 1.70. The van der Waals surface area contributed by atoms with E-state index < -0.39 is 0 Å². The summed E-state index contributed by atoms with van der Waals surface area (Å²) < 4.78 is 15.2. The molecule has 0 aliphatic rings.